The molecule has 0 saturated heterocycles. The Balaban J connectivity index is 1.92. The molecule has 3 rings (SSSR count). The van der Waals surface area contributed by atoms with Crippen molar-refractivity contribution in [2.45, 2.75) is 25.3 Å². The van der Waals surface area contributed by atoms with E-state index in [4.69, 9.17) is 5.26 Å². The zero-order chi connectivity index (χ0) is 14.1. The van der Waals surface area contributed by atoms with Gasteiger partial charge in [0, 0.05) is 18.3 Å². The van der Waals surface area contributed by atoms with Crippen LogP contribution in [0.4, 0.5) is 10.1 Å². The van der Waals surface area contributed by atoms with Gasteiger partial charge in [0.05, 0.1) is 23.5 Å². The first-order valence-corrected chi connectivity index (χ1v) is 6.66. The van der Waals surface area contributed by atoms with Crippen molar-refractivity contribution in [2.24, 2.45) is 7.05 Å². The quantitative estimate of drug-likeness (QED) is 0.912. The Bertz CT molecular complexity index is 684. The summed E-state index contributed by atoms with van der Waals surface area (Å²) in [5.41, 5.74) is 3.41. The maximum absolute atomic E-state index is 13.2. The number of aromatic nitrogens is 2. The molecule has 20 heavy (non-hydrogen) atoms. The first-order chi connectivity index (χ1) is 9.69. The van der Waals surface area contributed by atoms with Crippen molar-refractivity contribution in [2.75, 3.05) is 5.32 Å². The molecule has 1 aromatic heterocycles. The molecule has 1 unspecified atom stereocenters. The molecule has 0 radical (unpaired) electrons. The second kappa shape index (κ2) is 4.97. The number of benzene rings is 1. The lowest BCUT2D eigenvalue weighted by Gasteiger charge is -2.25. The molecule has 0 bridgehead atoms. The second-order valence-electron chi connectivity index (χ2n) is 5.06. The van der Waals surface area contributed by atoms with Crippen molar-refractivity contribution in [3.05, 3.63) is 47.0 Å². The van der Waals surface area contributed by atoms with E-state index in [1.165, 1.54) is 23.4 Å². The minimum Gasteiger partial charge on any atom is -0.377 e. The molecule has 102 valence electrons. The molecular formula is C15H15FN4. The van der Waals surface area contributed by atoms with Gasteiger partial charge in [0.15, 0.2) is 0 Å². The van der Waals surface area contributed by atoms with Crippen LogP contribution < -0.4 is 5.32 Å². The predicted octanol–water partition coefficient (Wildman–Crippen LogP) is 2.92. The molecule has 0 aliphatic heterocycles. The smallest absolute Gasteiger partial charge is 0.124 e. The third-order valence-corrected chi connectivity index (χ3v) is 3.81. The molecule has 0 amide bonds. The van der Waals surface area contributed by atoms with Crippen LogP contribution in [0.2, 0.25) is 0 Å². The van der Waals surface area contributed by atoms with E-state index in [0.29, 0.717) is 11.3 Å². The van der Waals surface area contributed by atoms with Crippen LogP contribution in [0.25, 0.3) is 0 Å². The van der Waals surface area contributed by atoms with E-state index in [1.807, 2.05) is 24.0 Å². The monoisotopic (exact) mass is 270 g/mol. The summed E-state index contributed by atoms with van der Waals surface area (Å²) < 4.78 is 15.1. The van der Waals surface area contributed by atoms with Crippen LogP contribution in [0, 0.1) is 17.1 Å². The summed E-state index contributed by atoms with van der Waals surface area (Å²) in [4.78, 5) is 0. The highest BCUT2D eigenvalue weighted by molar-refractivity contribution is 5.58. The van der Waals surface area contributed by atoms with Gasteiger partial charge in [-0.05, 0) is 37.5 Å². The van der Waals surface area contributed by atoms with E-state index in [0.717, 1.165) is 19.3 Å². The molecule has 1 aromatic carbocycles. The fraction of sp³-hybridized carbons (Fsp3) is 0.333. The lowest BCUT2D eigenvalue weighted by Crippen LogP contribution is -2.18. The number of aryl methyl sites for hydroxylation is 1. The summed E-state index contributed by atoms with van der Waals surface area (Å²) in [5, 5.41) is 16.8. The van der Waals surface area contributed by atoms with Gasteiger partial charge in [-0.3, -0.25) is 4.68 Å². The van der Waals surface area contributed by atoms with Crippen molar-refractivity contribution >= 4 is 5.69 Å². The van der Waals surface area contributed by atoms with Crippen molar-refractivity contribution in [1.29, 1.82) is 5.26 Å². The van der Waals surface area contributed by atoms with Gasteiger partial charge in [0.25, 0.3) is 0 Å². The minimum absolute atomic E-state index is 0.130. The summed E-state index contributed by atoms with van der Waals surface area (Å²) in [7, 11) is 1.94. The summed E-state index contributed by atoms with van der Waals surface area (Å²) in [6.07, 6.45) is 4.97. The average molecular weight is 270 g/mol. The molecular weight excluding hydrogens is 255 g/mol. The molecule has 1 atom stereocenters. The maximum Gasteiger partial charge on any atom is 0.124 e. The third-order valence-electron chi connectivity index (χ3n) is 3.81. The van der Waals surface area contributed by atoms with E-state index in [-0.39, 0.29) is 6.04 Å². The van der Waals surface area contributed by atoms with Crippen molar-refractivity contribution in [3.8, 4) is 6.07 Å². The van der Waals surface area contributed by atoms with Gasteiger partial charge in [-0.15, -0.1) is 0 Å². The minimum atomic E-state index is -0.391. The number of hydrogen-bond acceptors (Lipinski definition) is 3. The number of nitrogens with one attached hydrogen (secondary N) is 1. The number of nitriles is 1. The Morgan fingerprint density at radius 3 is 3.15 bits per heavy atom. The van der Waals surface area contributed by atoms with Gasteiger partial charge >= 0.3 is 0 Å². The average Bonchev–Trinajstić information content (AvgIpc) is 2.84. The van der Waals surface area contributed by atoms with Gasteiger partial charge in [-0.2, -0.15) is 10.4 Å². The van der Waals surface area contributed by atoms with Crippen LogP contribution in [-0.4, -0.2) is 9.78 Å². The Morgan fingerprint density at radius 2 is 2.35 bits per heavy atom. The highest BCUT2D eigenvalue weighted by atomic mass is 19.1. The number of halogens is 1. The third kappa shape index (κ3) is 2.14. The summed E-state index contributed by atoms with van der Waals surface area (Å²) in [6.45, 7) is 0. The molecule has 1 N–H and O–H groups in total. The number of rotatable bonds is 2. The summed E-state index contributed by atoms with van der Waals surface area (Å²) in [5.74, 6) is -0.391. The van der Waals surface area contributed by atoms with E-state index in [1.54, 1.807) is 6.07 Å². The maximum atomic E-state index is 13.2. The molecule has 0 fully saturated rings. The van der Waals surface area contributed by atoms with Crippen LogP contribution in [-0.2, 0) is 13.5 Å². The van der Waals surface area contributed by atoms with Crippen LogP contribution in [0.1, 0.15) is 35.7 Å². The van der Waals surface area contributed by atoms with Crippen molar-refractivity contribution < 1.29 is 4.39 Å². The van der Waals surface area contributed by atoms with Crippen LogP contribution in [0.3, 0.4) is 0 Å². The number of fused-ring (bicyclic) bond motifs is 1. The first kappa shape index (κ1) is 12.7. The van der Waals surface area contributed by atoms with Crippen molar-refractivity contribution in [1.82, 2.24) is 9.78 Å². The highest BCUT2D eigenvalue weighted by Crippen LogP contribution is 2.33. The standard InChI is InChI=1S/C15H15FN4/c1-20-15-4-2-3-14(12(15)9-18-20)19-13-6-5-11(16)7-10(13)8-17/h5-7,9,14,19H,2-4H2,1H3. The van der Waals surface area contributed by atoms with Crippen LogP contribution in [0.15, 0.2) is 24.4 Å². The van der Waals surface area contributed by atoms with Gasteiger partial charge < -0.3 is 5.32 Å². The number of hydrogen-bond donors (Lipinski definition) is 1. The van der Waals surface area contributed by atoms with Crippen LogP contribution >= 0.6 is 0 Å². The lowest BCUT2D eigenvalue weighted by atomic mass is 9.92. The zero-order valence-corrected chi connectivity index (χ0v) is 11.2. The second-order valence-corrected chi connectivity index (χ2v) is 5.06. The normalized spacial score (nSPS) is 17.4. The molecule has 0 saturated carbocycles. The first-order valence-electron chi connectivity index (χ1n) is 6.66. The molecule has 1 aliphatic rings. The van der Waals surface area contributed by atoms with Crippen LogP contribution in [0.5, 0.6) is 0 Å². The SMILES string of the molecule is Cn1ncc2c1CCCC2Nc1ccc(F)cc1C#N. The fourth-order valence-electron chi connectivity index (χ4n) is 2.78. The van der Waals surface area contributed by atoms with Gasteiger partial charge in [0.2, 0.25) is 0 Å². The fourth-order valence-corrected chi connectivity index (χ4v) is 2.78. The molecule has 1 heterocycles. The van der Waals surface area contributed by atoms with E-state index in [2.05, 4.69) is 10.4 Å². The van der Waals surface area contributed by atoms with Crippen molar-refractivity contribution in [3.63, 3.8) is 0 Å². The van der Waals surface area contributed by atoms with Gasteiger partial charge in [-0.1, -0.05) is 0 Å². The van der Waals surface area contributed by atoms with E-state index < -0.39 is 5.82 Å². The Kier molecular flexibility index (Phi) is 3.15. The Morgan fingerprint density at radius 1 is 1.50 bits per heavy atom. The Labute approximate surface area is 116 Å². The molecule has 5 heteroatoms. The molecule has 4 nitrogen and oxygen atoms in total. The summed E-state index contributed by atoms with van der Waals surface area (Å²) >= 11 is 0. The Hall–Kier alpha value is -2.35. The molecule has 1 aliphatic carbocycles. The topological polar surface area (TPSA) is 53.6 Å². The van der Waals surface area contributed by atoms with Gasteiger partial charge in [0.1, 0.15) is 11.9 Å². The van der Waals surface area contributed by atoms with E-state index >= 15 is 0 Å². The zero-order valence-electron chi connectivity index (χ0n) is 11.2. The lowest BCUT2D eigenvalue weighted by molar-refractivity contribution is 0.571. The molecule has 0 spiro atoms. The predicted molar refractivity (Wildman–Crippen MR) is 73.6 cm³/mol. The number of nitrogens with zero attached hydrogens (tertiary/aromatic N) is 3. The number of anilines is 1. The summed E-state index contributed by atoms with van der Waals surface area (Å²) in [6, 6.07) is 6.42. The largest absolute Gasteiger partial charge is 0.377 e. The highest BCUT2D eigenvalue weighted by Gasteiger charge is 2.23. The van der Waals surface area contributed by atoms with E-state index in [9.17, 15) is 4.39 Å². The van der Waals surface area contributed by atoms with Gasteiger partial charge in [-0.25, -0.2) is 4.39 Å². The molecule has 2 aromatic rings.